The van der Waals surface area contributed by atoms with Crippen LogP contribution in [0.2, 0.25) is 0 Å². The molecule has 18 heavy (non-hydrogen) atoms. The fourth-order valence-corrected chi connectivity index (χ4v) is 1.18. The second-order valence-corrected chi connectivity index (χ2v) is 4.07. The summed E-state index contributed by atoms with van der Waals surface area (Å²) in [5.41, 5.74) is 5.15. The molecule has 0 aromatic heterocycles. The number of esters is 1. The highest BCUT2D eigenvalue weighted by Gasteiger charge is 2.25. The maximum absolute atomic E-state index is 11.6. The van der Waals surface area contributed by atoms with Crippen molar-refractivity contribution in [3.05, 3.63) is 6.54 Å². The highest BCUT2D eigenvalue weighted by molar-refractivity contribution is 5.85. The van der Waals surface area contributed by atoms with Crippen molar-refractivity contribution in [1.29, 1.82) is 0 Å². The van der Waals surface area contributed by atoms with Gasteiger partial charge >= 0.3 is 11.9 Å². The van der Waals surface area contributed by atoms with Crippen LogP contribution in [0.5, 0.6) is 0 Å². The van der Waals surface area contributed by atoms with Gasteiger partial charge in [0.15, 0.2) is 6.61 Å². The van der Waals surface area contributed by atoms with E-state index in [1.54, 1.807) is 13.8 Å². The highest BCUT2D eigenvalue weighted by Crippen LogP contribution is 2.05. The lowest BCUT2D eigenvalue weighted by atomic mass is 10.0. The van der Waals surface area contributed by atoms with Gasteiger partial charge in [-0.3, -0.25) is 4.79 Å². The number of amides is 1. The maximum Gasteiger partial charge on any atom is 0.341 e. The van der Waals surface area contributed by atoms with Crippen molar-refractivity contribution in [2.24, 2.45) is 11.7 Å². The standard InChI is InChI=1S/C11H19N2O5/c1-7(2)10(11(17)18-6-9(15)16)13-8(14)4-3-5-12/h5,7,10H,3-4,6,12H2,1-2H3,(H,13,14)(H,15,16)/t10-/m0/s1. The summed E-state index contributed by atoms with van der Waals surface area (Å²) in [5, 5.41) is 10.9. The highest BCUT2D eigenvalue weighted by atomic mass is 16.6. The third-order valence-corrected chi connectivity index (χ3v) is 2.11. The zero-order valence-corrected chi connectivity index (χ0v) is 10.5. The van der Waals surface area contributed by atoms with Gasteiger partial charge in [-0.05, 0) is 12.3 Å². The fourth-order valence-electron chi connectivity index (χ4n) is 1.18. The van der Waals surface area contributed by atoms with Gasteiger partial charge in [-0.1, -0.05) is 13.8 Å². The van der Waals surface area contributed by atoms with Crippen molar-refractivity contribution >= 4 is 17.8 Å². The van der Waals surface area contributed by atoms with Crippen molar-refractivity contribution in [3.8, 4) is 0 Å². The van der Waals surface area contributed by atoms with Gasteiger partial charge in [0.25, 0.3) is 0 Å². The molecular formula is C11H19N2O5. The Balaban J connectivity index is 4.33. The Hall–Kier alpha value is -1.63. The lowest BCUT2D eigenvalue weighted by Crippen LogP contribution is -2.45. The minimum absolute atomic E-state index is 0.173. The quantitative estimate of drug-likeness (QED) is 0.513. The van der Waals surface area contributed by atoms with Gasteiger partial charge in [-0.15, -0.1) is 0 Å². The van der Waals surface area contributed by atoms with Gasteiger partial charge < -0.3 is 20.9 Å². The normalized spacial score (nSPS) is 12.0. The molecule has 7 nitrogen and oxygen atoms in total. The number of carboxylic acid groups (broad SMARTS) is 1. The number of carboxylic acids is 1. The van der Waals surface area contributed by atoms with Crippen LogP contribution in [0, 0.1) is 12.5 Å². The van der Waals surface area contributed by atoms with Crippen LogP contribution in [0.1, 0.15) is 26.7 Å². The molecule has 0 bridgehead atoms. The SMILES string of the molecule is CC(C)[C@H](NC(=O)CC[CH]N)C(=O)OCC(=O)O. The third-order valence-electron chi connectivity index (χ3n) is 2.11. The molecule has 0 aromatic carbocycles. The first kappa shape index (κ1) is 16.4. The van der Waals surface area contributed by atoms with E-state index in [9.17, 15) is 14.4 Å². The van der Waals surface area contributed by atoms with E-state index in [4.69, 9.17) is 10.8 Å². The van der Waals surface area contributed by atoms with Crippen LogP contribution in [-0.4, -0.2) is 35.6 Å². The Kier molecular flexibility index (Phi) is 7.69. The molecule has 0 aliphatic rings. The van der Waals surface area contributed by atoms with E-state index < -0.39 is 24.6 Å². The summed E-state index contributed by atoms with van der Waals surface area (Å²) in [6.07, 6.45) is 0.576. The molecule has 1 amide bonds. The van der Waals surface area contributed by atoms with Gasteiger partial charge in [0.05, 0.1) is 0 Å². The predicted octanol–water partition coefficient (Wildman–Crippen LogP) is -0.344. The van der Waals surface area contributed by atoms with Crippen LogP contribution < -0.4 is 11.1 Å². The molecule has 103 valence electrons. The van der Waals surface area contributed by atoms with Crippen LogP contribution in [0.15, 0.2) is 0 Å². The van der Waals surface area contributed by atoms with Gasteiger partial charge in [0.1, 0.15) is 6.04 Å². The van der Waals surface area contributed by atoms with Crippen LogP contribution in [0.4, 0.5) is 0 Å². The second-order valence-electron chi connectivity index (χ2n) is 4.07. The molecule has 0 aromatic rings. The van der Waals surface area contributed by atoms with E-state index in [1.165, 1.54) is 6.54 Å². The third kappa shape index (κ3) is 6.85. The number of hydrogen-bond acceptors (Lipinski definition) is 5. The Morgan fingerprint density at radius 2 is 2.00 bits per heavy atom. The van der Waals surface area contributed by atoms with Crippen molar-refractivity contribution in [1.82, 2.24) is 5.32 Å². The van der Waals surface area contributed by atoms with E-state index in [0.717, 1.165) is 0 Å². The molecule has 1 atom stereocenters. The fraction of sp³-hybridized carbons (Fsp3) is 0.636. The van der Waals surface area contributed by atoms with Crippen LogP contribution in [0.3, 0.4) is 0 Å². The number of ether oxygens (including phenoxy) is 1. The zero-order chi connectivity index (χ0) is 14.1. The van der Waals surface area contributed by atoms with Crippen molar-refractivity contribution in [3.63, 3.8) is 0 Å². The molecule has 0 saturated heterocycles. The molecule has 0 spiro atoms. The smallest absolute Gasteiger partial charge is 0.341 e. The first-order valence-corrected chi connectivity index (χ1v) is 5.59. The molecular weight excluding hydrogens is 240 g/mol. The molecule has 1 radical (unpaired) electrons. The lowest BCUT2D eigenvalue weighted by Gasteiger charge is -2.20. The van der Waals surface area contributed by atoms with Gasteiger partial charge in [0, 0.05) is 13.0 Å². The lowest BCUT2D eigenvalue weighted by molar-refractivity contribution is -0.158. The van der Waals surface area contributed by atoms with Crippen LogP contribution in [-0.2, 0) is 19.1 Å². The van der Waals surface area contributed by atoms with Crippen molar-refractivity contribution in [2.75, 3.05) is 6.61 Å². The topological polar surface area (TPSA) is 119 Å². The molecule has 0 fully saturated rings. The molecule has 0 heterocycles. The van der Waals surface area contributed by atoms with Crippen molar-refractivity contribution < 1.29 is 24.2 Å². The molecule has 0 saturated carbocycles. The molecule has 0 aliphatic heterocycles. The van der Waals surface area contributed by atoms with Crippen LogP contribution >= 0.6 is 0 Å². The predicted molar refractivity (Wildman–Crippen MR) is 63.1 cm³/mol. The van der Waals surface area contributed by atoms with Gasteiger partial charge in [0.2, 0.25) is 5.91 Å². The zero-order valence-electron chi connectivity index (χ0n) is 10.5. The van der Waals surface area contributed by atoms with Gasteiger partial charge in [-0.25, -0.2) is 9.59 Å². The monoisotopic (exact) mass is 259 g/mol. The number of carbonyl (C=O) groups excluding carboxylic acids is 2. The summed E-state index contributed by atoms with van der Waals surface area (Å²) in [4.78, 5) is 33.3. The Bertz CT molecular complexity index is 304. The summed E-state index contributed by atoms with van der Waals surface area (Å²) in [5.74, 6) is -2.52. The first-order valence-electron chi connectivity index (χ1n) is 5.59. The average molecular weight is 259 g/mol. The molecule has 0 aliphatic carbocycles. The van der Waals surface area contributed by atoms with Crippen LogP contribution in [0.25, 0.3) is 0 Å². The van der Waals surface area contributed by atoms with Gasteiger partial charge in [-0.2, -0.15) is 0 Å². The number of hydrogen-bond donors (Lipinski definition) is 3. The average Bonchev–Trinajstić information content (AvgIpc) is 2.29. The van der Waals surface area contributed by atoms with E-state index in [1.807, 2.05) is 0 Å². The summed E-state index contributed by atoms with van der Waals surface area (Å²) in [6.45, 7) is 4.09. The Morgan fingerprint density at radius 3 is 2.44 bits per heavy atom. The largest absolute Gasteiger partial charge is 0.479 e. The summed E-state index contributed by atoms with van der Waals surface area (Å²) in [7, 11) is 0. The van der Waals surface area contributed by atoms with E-state index >= 15 is 0 Å². The molecule has 4 N–H and O–H groups in total. The number of nitrogens with one attached hydrogen (secondary N) is 1. The second kappa shape index (κ2) is 8.46. The number of rotatable bonds is 8. The number of nitrogens with two attached hydrogens (primary N) is 1. The first-order chi connectivity index (χ1) is 8.38. The maximum atomic E-state index is 11.6. The van der Waals surface area contributed by atoms with Crippen molar-refractivity contribution in [2.45, 2.75) is 32.7 Å². The minimum atomic E-state index is -1.24. The Labute approximate surface area is 106 Å². The summed E-state index contributed by atoms with van der Waals surface area (Å²) < 4.78 is 4.55. The Morgan fingerprint density at radius 1 is 1.39 bits per heavy atom. The number of aliphatic carboxylic acids is 1. The number of carbonyl (C=O) groups is 3. The molecule has 7 heteroatoms. The molecule has 0 rings (SSSR count). The van der Waals surface area contributed by atoms with E-state index in [0.29, 0.717) is 6.42 Å². The summed E-state index contributed by atoms with van der Waals surface area (Å²) >= 11 is 0. The van der Waals surface area contributed by atoms with E-state index in [2.05, 4.69) is 10.1 Å². The minimum Gasteiger partial charge on any atom is -0.479 e. The molecule has 0 unspecified atom stereocenters. The summed E-state index contributed by atoms with van der Waals surface area (Å²) in [6, 6.07) is -0.852. The van der Waals surface area contributed by atoms with E-state index in [-0.39, 0.29) is 18.2 Å².